The Morgan fingerprint density at radius 1 is 0.800 bits per heavy atom. The molecule has 1 aliphatic heterocycles. The number of carbonyl (C=O) groups is 1. The monoisotopic (exact) mass is 397 g/mol. The second-order valence-corrected chi connectivity index (χ2v) is 6.95. The van der Waals surface area contributed by atoms with E-state index >= 15 is 0 Å². The van der Waals surface area contributed by atoms with E-state index in [4.69, 9.17) is 4.74 Å². The molecule has 1 aliphatic rings. The van der Waals surface area contributed by atoms with E-state index in [1.54, 1.807) is 18.3 Å². The van der Waals surface area contributed by atoms with Gasteiger partial charge in [-0.3, -0.25) is 4.79 Å². The first-order chi connectivity index (χ1) is 14.8. The fourth-order valence-corrected chi connectivity index (χ4v) is 3.30. The molecule has 0 spiro atoms. The van der Waals surface area contributed by atoms with Crippen LogP contribution in [0.15, 0.2) is 95.1 Å². The summed E-state index contributed by atoms with van der Waals surface area (Å²) in [4.78, 5) is 15.3. The minimum Gasteiger partial charge on any atom is -0.378 e. The fraction of sp³-hybridized carbons (Fsp3) is 0.160. The number of morpholine rings is 1. The van der Waals surface area contributed by atoms with Crippen molar-refractivity contribution in [2.45, 2.75) is 0 Å². The number of ketones is 1. The van der Waals surface area contributed by atoms with Crippen LogP contribution in [0.4, 0.5) is 5.69 Å². The van der Waals surface area contributed by atoms with E-state index in [2.05, 4.69) is 27.2 Å². The molecule has 1 saturated heterocycles. The van der Waals surface area contributed by atoms with Crippen molar-refractivity contribution in [3.05, 3.63) is 102 Å². The molecule has 1 fully saturated rings. The van der Waals surface area contributed by atoms with Crippen LogP contribution in [0.1, 0.15) is 21.5 Å². The van der Waals surface area contributed by atoms with E-state index < -0.39 is 0 Å². The molecule has 0 bridgehead atoms. The smallest absolute Gasteiger partial charge is 0.213 e. The zero-order chi connectivity index (χ0) is 20.6. The highest BCUT2D eigenvalue weighted by molar-refractivity contribution is 6.51. The summed E-state index contributed by atoms with van der Waals surface area (Å²) in [6.45, 7) is 3.32. The van der Waals surface area contributed by atoms with Gasteiger partial charge in [0.05, 0.1) is 19.4 Å². The van der Waals surface area contributed by atoms with Gasteiger partial charge in [-0.1, -0.05) is 72.8 Å². The maximum atomic E-state index is 13.0. The predicted octanol–water partition coefficient (Wildman–Crippen LogP) is 4.23. The van der Waals surface area contributed by atoms with Crippen LogP contribution in [0.25, 0.3) is 0 Å². The van der Waals surface area contributed by atoms with Gasteiger partial charge in [-0.15, -0.1) is 5.10 Å². The summed E-state index contributed by atoms with van der Waals surface area (Å²) in [6.07, 6.45) is 1.67. The van der Waals surface area contributed by atoms with E-state index in [1.165, 1.54) is 5.69 Å². The van der Waals surface area contributed by atoms with Crippen molar-refractivity contribution in [3.8, 4) is 0 Å². The molecule has 0 N–H and O–H groups in total. The maximum absolute atomic E-state index is 13.0. The van der Waals surface area contributed by atoms with Gasteiger partial charge in [0.1, 0.15) is 5.71 Å². The third-order valence-electron chi connectivity index (χ3n) is 4.93. The summed E-state index contributed by atoms with van der Waals surface area (Å²) in [6, 6.07) is 26.7. The lowest BCUT2D eigenvalue weighted by Gasteiger charge is -2.28. The van der Waals surface area contributed by atoms with Gasteiger partial charge in [-0.05, 0) is 17.7 Å². The van der Waals surface area contributed by atoms with E-state index in [0.29, 0.717) is 11.3 Å². The number of anilines is 1. The van der Waals surface area contributed by atoms with Crippen LogP contribution in [0.2, 0.25) is 0 Å². The van der Waals surface area contributed by atoms with Gasteiger partial charge in [0, 0.05) is 29.9 Å². The Bertz CT molecular complexity index is 1020. The molecule has 0 atom stereocenters. The van der Waals surface area contributed by atoms with Crippen molar-refractivity contribution >= 4 is 23.4 Å². The molecular formula is C25H23N3O2. The van der Waals surface area contributed by atoms with Gasteiger partial charge in [0.25, 0.3) is 0 Å². The molecule has 150 valence electrons. The summed E-state index contributed by atoms with van der Waals surface area (Å²) in [5.41, 5.74) is 3.75. The minimum atomic E-state index is -0.151. The Morgan fingerprint density at radius 2 is 1.40 bits per heavy atom. The quantitative estimate of drug-likeness (QED) is 0.355. The van der Waals surface area contributed by atoms with Crippen molar-refractivity contribution in [3.63, 3.8) is 0 Å². The average molecular weight is 397 g/mol. The fourth-order valence-electron chi connectivity index (χ4n) is 3.30. The molecule has 0 aliphatic carbocycles. The summed E-state index contributed by atoms with van der Waals surface area (Å²) < 4.78 is 5.40. The van der Waals surface area contributed by atoms with Gasteiger partial charge in [-0.2, -0.15) is 5.10 Å². The molecule has 3 aromatic carbocycles. The first kappa shape index (κ1) is 19.7. The topological polar surface area (TPSA) is 54.3 Å². The third kappa shape index (κ3) is 4.88. The number of Topliss-reactive ketones (excluding diaryl/α,β-unsaturated/α-hetero) is 1. The molecule has 0 radical (unpaired) electrons. The van der Waals surface area contributed by atoms with Gasteiger partial charge >= 0.3 is 0 Å². The van der Waals surface area contributed by atoms with Crippen LogP contribution in [0, 0.1) is 0 Å². The summed E-state index contributed by atoms with van der Waals surface area (Å²) >= 11 is 0. The van der Waals surface area contributed by atoms with Gasteiger partial charge in [0.2, 0.25) is 5.78 Å². The molecule has 4 rings (SSSR count). The molecule has 5 nitrogen and oxygen atoms in total. The first-order valence-electron chi connectivity index (χ1n) is 10.0. The molecule has 1 heterocycles. The molecule has 3 aromatic rings. The number of carbonyl (C=O) groups excluding carboxylic acids is 1. The van der Waals surface area contributed by atoms with Crippen LogP contribution < -0.4 is 4.90 Å². The molecule has 0 unspecified atom stereocenters. The third-order valence-corrected chi connectivity index (χ3v) is 4.93. The van der Waals surface area contributed by atoms with Crippen molar-refractivity contribution in [1.29, 1.82) is 0 Å². The van der Waals surface area contributed by atoms with Gasteiger partial charge in [-0.25, -0.2) is 0 Å². The Balaban J connectivity index is 1.55. The molecule has 30 heavy (non-hydrogen) atoms. The standard InChI is InChI=1S/C25H23N3O2/c29-25(22-9-5-2-6-10-22)24(21-7-3-1-4-8-21)27-26-19-20-11-13-23(14-12-20)28-15-17-30-18-16-28/h1-14,19H,15-18H2/b26-19+,27-24+. The lowest BCUT2D eigenvalue weighted by Crippen LogP contribution is -2.36. The Hall–Kier alpha value is -3.57. The highest BCUT2D eigenvalue weighted by Crippen LogP contribution is 2.16. The van der Waals surface area contributed by atoms with Crippen LogP contribution in [0.3, 0.4) is 0 Å². The second kappa shape index (κ2) is 9.76. The Labute approximate surface area is 176 Å². The van der Waals surface area contributed by atoms with Crippen LogP contribution in [-0.4, -0.2) is 44.0 Å². The summed E-state index contributed by atoms with van der Waals surface area (Å²) in [5.74, 6) is -0.151. The molecular weight excluding hydrogens is 374 g/mol. The number of rotatable bonds is 6. The zero-order valence-electron chi connectivity index (χ0n) is 16.6. The highest BCUT2D eigenvalue weighted by atomic mass is 16.5. The van der Waals surface area contributed by atoms with E-state index in [9.17, 15) is 4.79 Å². The molecule has 0 amide bonds. The SMILES string of the molecule is O=C(/C(=N/N=C/c1ccc(N2CCOCC2)cc1)c1ccccc1)c1ccccc1. The number of ether oxygens (including phenoxy) is 1. The van der Waals surface area contributed by atoms with Crippen molar-refractivity contribution in [2.75, 3.05) is 31.2 Å². The molecule has 0 aromatic heterocycles. The second-order valence-electron chi connectivity index (χ2n) is 6.95. The summed E-state index contributed by atoms with van der Waals surface area (Å²) in [7, 11) is 0. The number of hydrogen-bond acceptors (Lipinski definition) is 5. The van der Waals surface area contributed by atoms with Crippen molar-refractivity contribution in [1.82, 2.24) is 0 Å². The number of benzene rings is 3. The minimum absolute atomic E-state index is 0.151. The van der Waals surface area contributed by atoms with Crippen LogP contribution in [0.5, 0.6) is 0 Å². The predicted molar refractivity (Wildman–Crippen MR) is 121 cm³/mol. The van der Waals surface area contributed by atoms with E-state index in [1.807, 2.05) is 60.7 Å². The first-order valence-corrected chi connectivity index (χ1v) is 10.0. The van der Waals surface area contributed by atoms with E-state index in [-0.39, 0.29) is 5.78 Å². The number of nitrogens with zero attached hydrogens (tertiary/aromatic N) is 3. The highest BCUT2D eigenvalue weighted by Gasteiger charge is 2.16. The van der Waals surface area contributed by atoms with Crippen molar-refractivity contribution < 1.29 is 9.53 Å². The molecule has 0 saturated carbocycles. The van der Waals surface area contributed by atoms with Crippen molar-refractivity contribution in [2.24, 2.45) is 10.2 Å². The number of hydrogen-bond donors (Lipinski definition) is 0. The average Bonchev–Trinajstić information content (AvgIpc) is 2.83. The zero-order valence-corrected chi connectivity index (χ0v) is 16.6. The largest absolute Gasteiger partial charge is 0.378 e. The molecule has 5 heteroatoms. The normalized spacial score (nSPS) is 14.8. The Morgan fingerprint density at radius 3 is 2.03 bits per heavy atom. The van der Waals surface area contributed by atoms with Gasteiger partial charge < -0.3 is 9.64 Å². The lowest BCUT2D eigenvalue weighted by molar-refractivity contribution is 0.106. The lowest BCUT2D eigenvalue weighted by atomic mass is 10.0. The van der Waals surface area contributed by atoms with Crippen LogP contribution in [-0.2, 0) is 4.74 Å². The Kier molecular flexibility index (Phi) is 6.42. The van der Waals surface area contributed by atoms with Gasteiger partial charge in [0.15, 0.2) is 0 Å². The maximum Gasteiger partial charge on any atom is 0.213 e. The summed E-state index contributed by atoms with van der Waals surface area (Å²) in [5, 5.41) is 8.50. The van der Waals surface area contributed by atoms with E-state index in [0.717, 1.165) is 37.4 Å². The van der Waals surface area contributed by atoms with Crippen LogP contribution >= 0.6 is 0 Å².